The summed E-state index contributed by atoms with van der Waals surface area (Å²) in [7, 11) is 0. The first kappa shape index (κ1) is 18.5. The van der Waals surface area contributed by atoms with Gasteiger partial charge < -0.3 is 0 Å². The summed E-state index contributed by atoms with van der Waals surface area (Å²) in [6.45, 7) is 4.53. The molecule has 2 aromatic carbocycles. The number of halogens is 1. The molecule has 5 rings (SSSR count). The Hall–Kier alpha value is -2.56. The van der Waals surface area contributed by atoms with E-state index in [0.29, 0.717) is 5.92 Å². The van der Waals surface area contributed by atoms with Gasteiger partial charge in [0.15, 0.2) is 0 Å². The van der Waals surface area contributed by atoms with Crippen molar-refractivity contribution in [3.8, 4) is 21.6 Å². The molecular formula is C25H19BrN2S. The molecular weight excluding hydrogens is 440 g/mol. The third kappa shape index (κ3) is 3.07. The normalized spacial score (nSPS) is 11.6. The van der Waals surface area contributed by atoms with E-state index in [0.717, 1.165) is 26.3 Å². The van der Waals surface area contributed by atoms with E-state index in [1.807, 2.05) is 35.9 Å². The van der Waals surface area contributed by atoms with Crippen LogP contribution in [-0.2, 0) is 0 Å². The number of benzene rings is 2. The van der Waals surface area contributed by atoms with Crippen molar-refractivity contribution in [1.29, 1.82) is 0 Å². The van der Waals surface area contributed by atoms with Crippen LogP contribution in [0.2, 0.25) is 0 Å². The van der Waals surface area contributed by atoms with Gasteiger partial charge in [0.2, 0.25) is 0 Å². The largest absolute Gasteiger partial charge is 0.254 e. The molecule has 0 N–H and O–H groups in total. The Labute approximate surface area is 182 Å². The Morgan fingerprint density at radius 2 is 1.48 bits per heavy atom. The number of hydrogen-bond donors (Lipinski definition) is 0. The minimum Gasteiger partial charge on any atom is -0.254 e. The van der Waals surface area contributed by atoms with Crippen molar-refractivity contribution in [3.05, 3.63) is 82.4 Å². The molecule has 0 bridgehead atoms. The van der Waals surface area contributed by atoms with E-state index >= 15 is 0 Å². The molecule has 0 aliphatic heterocycles. The second-order valence-corrected chi connectivity index (χ2v) is 9.27. The van der Waals surface area contributed by atoms with Crippen LogP contribution in [0.4, 0.5) is 0 Å². The lowest BCUT2D eigenvalue weighted by molar-refractivity contribution is 0.892. The predicted molar refractivity (Wildman–Crippen MR) is 128 cm³/mol. The highest BCUT2D eigenvalue weighted by molar-refractivity contribution is 9.10. The van der Waals surface area contributed by atoms with Gasteiger partial charge in [-0.3, -0.25) is 9.97 Å². The van der Waals surface area contributed by atoms with Crippen LogP contribution in [0.15, 0.2) is 77.5 Å². The quantitative estimate of drug-likeness (QED) is 0.255. The fourth-order valence-corrected chi connectivity index (χ4v) is 5.78. The van der Waals surface area contributed by atoms with Gasteiger partial charge >= 0.3 is 0 Å². The standard InChI is InChI=1S/C25H19BrN2S/c1-15(2)25-19(14-20(29-25)16-8-4-3-5-9-16)21-17-10-6-12-27-23(17)24-18(22(21)26)11-7-13-28-24/h3-15H,1-2H3. The minimum atomic E-state index is 0.427. The average Bonchev–Trinajstić information content (AvgIpc) is 3.20. The average molecular weight is 459 g/mol. The number of nitrogens with zero attached hydrogens (tertiary/aromatic N) is 2. The van der Waals surface area contributed by atoms with Crippen molar-refractivity contribution >= 4 is 49.1 Å². The molecule has 0 saturated carbocycles. The van der Waals surface area contributed by atoms with E-state index in [1.165, 1.54) is 26.4 Å². The summed E-state index contributed by atoms with van der Waals surface area (Å²) >= 11 is 5.81. The monoisotopic (exact) mass is 458 g/mol. The van der Waals surface area contributed by atoms with Gasteiger partial charge in [0.1, 0.15) is 0 Å². The molecule has 29 heavy (non-hydrogen) atoms. The van der Waals surface area contributed by atoms with Crippen LogP contribution in [0.1, 0.15) is 24.6 Å². The number of rotatable bonds is 3. The van der Waals surface area contributed by atoms with E-state index in [1.54, 1.807) is 0 Å². The molecule has 2 nitrogen and oxygen atoms in total. The van der Waals surface area contributed by atoms with Gasteiger partial charge in [-0.05, 0) is 51.2 Å². The molecule has 4 heteroatoms. The van der Waals surface area contributed by atoms with Crippen LogP contribution < -0.4 is 0 Å². The van der Waals surface area contributed by atoms with Crippen LogP contribution in [0.3, 0.4) is 0 Å². The molecule has 0 amide bonds. The van der Waals surface area contributed by atoms with Crippen LogP contribution in [-0.4, -0.2) is 9.97 Å². The number of aromatic nitrogens is 2. The van der Waals surface area contributed by atoms with Crippen LogP contribution in [0.25, 0.3) is 43.4 Å². The molecule has 0 radical (unpaired) electrons. The maximum atomic E-state index is 4.70. The first-order valence-electron chi connectivity index (χ1n) is 9.65. The van der Waals surface area contributed by atoms with E-state index < -0.39 is 0 Å². The highest BCUT2D eigenvalue weighted by Gasteiger charge is 2.21. The lowest BCUT2D eigenvalue weighted by Crippen LogP contribution is -1.93. The third-order valence-electron chi connectivity index (χ3n) is 5.18. The lowest BCUT2D eigenvalue weighted by atomic mass is 9.95. The summed E-state index contributed by atoms with van der Waals surface area (Å²) in [6, 6.07) is 21.2. The number of pyridine rings is 2. The summed E-state index contributed by atoms with van der Waals surface area (Å²) in [5.41, 5.74) is 5.62. The molecule has 0 aliphatic carbocycles. The zero-order valence-corrected chi connectivity index (χ0v) is 18.6. The lowest BCUT2D eigenvalue weighted by Gasteiger charge is -2.14. The molecule has 3 heterocycles. The molecule has 3 aromatic heterocycles. The molecule has 0 spiro atoms. The third-order valence-corrected chi connectivity index (χ3v) is 7.49. The van der Waals surface area contributed by atoms with Gasteiger partial charge in [0.05, 0.1) is 11.0 Å². The summed E-state index contributed by atoms with van der Waals surface area (Å²) in [5.74, 6) is 0.427. The fraction of sp³-hybridized carbons (Fsp3) is 0.120. The van der Waals surface area contributed by atoms with Gasteiger partial charge in [-0.1, -0.05) is 56.3 Å². The van der Waals surface area contributed by atoms with Crippen LogP contribution >= 0.6 is 27.3 Å². The van der Waals surface area contributed by atoms with Crippen molar-refractivity contribution in [1.82, 2.24) is 9.97 Å². The second-order valence-electron chi connectivity index (χ2n) is 7.40. The Kier molecular flexibility index (Phi) is 4.69. The highest BCUT2D eigenvalue weighted by Crippen LogP contribution is 2.47. The van der Waals surface area contributed by atoms with Gasteiger partial charge in [-0.15, -0.1) is 11.3 Å². The molecule has 0 atom stereocenters. The molecule has 0 saturated heterocycles. The first-order valence-corrected chi connectivity index (χ1v) is 11.3. The van der Waals surface area contributed by atoms with E-state index in [4.69, 9.17) is 4.98 Å². The summed E-state index contributed by atoms with van der Waals surface area (Å²) in [4.78, 5) is 12.0. The summed E-state index contributed by atoms with van der Waals surface area (Å²) in [5, 5.41) is 2.22. The van der Waals surface area contributed by atoms with E-state index in [-0.39, 0.29) is 0 Å². The Morgan fingerprint density at radius 1 is 0.828 bits per heavy atom. The number of thiophene rings is 1. The highest BCUT2D eigenvalue weighted by atomic mass is 79.9. The topological polar surface area (TPSA) is 25.8 Å². The Morgan fingerprint density at radius 3 is 2.17 bits per heavy atom. The van der Waals surface area contributed by atoms with Gasteiger partial charge in [0, 0.05) is 43.0 Å². The smallest absolute Gasteiger partial charge is 0.0976 e. The van der Waals surface area contributed by atoms with Crippen molar-refractivity contribution in [3.63, 3.8) is 0 Å². The number of hydrogen-bond acceptors (Lipinski definition) is 3. The molecule has 5 aromatic rings. The van der Waals surface area contributed by atoms with Crippen LogP contribution in [0, 0.1) is 0 Å². The second kappa shape index (κ2) is 7.36. The first-order chi connectivity index (χ1) is 14.1. The molecule has 0 aliphatic rings. The van der Waals surface area contributed by atoms with E-state index in [9.17, 15) is 0 Å². The van der Waals surface area contributed by atoms with Gasteiger partial charge in [0.25, 0.3) is 0 Å². The maximum Gasteiger partial charge on any atom is 0.0976 e. The van der Waals surface area contributed by atoms with Gasteiger partial charge in [-0.2, -0.15) is 0 Å². The van der Waals surface area contributed by atoms with Crippen molar-refractivity contribution < 1.29 is 0 Å². The number of fused-ring (bicyclic) bond motifs is 3. The summed E-state index contributed by atoms with van der Waals surface area (Å²) < 4.78 is 1.08. The van der Waals surface area contributed by atoms with Crippen molar-refractivity contribution in [2.24, 2.45) is 0 Å². The molecule has 142 valence electrons. The minimum absolute atomic E-state index is 0.427. The molecule has 0 fully saturated rings. The fourth-order valence-electron chi connectivity index (χ4n) is 3.86. The maximum absolute atomic E-state index is 4.70. The van der Waals surface area contributed by atoms with Crippen molar-refractivity contribution in [2.45, 2.75) is 19.8 Å². The van der Waals surface area contributed by atoms with Gasteiger partial charge in [-0.25, -0.2) is 0 Å². The van der Waals surface area contributed by atoms with Crippen LogP contribution in [0.5, 0.6) is 0 Å². The predicted octanol–water partition coefficient (Wildman–Crippen LogP) is 8.06. The Balaban J connectivity index is 1.88. The zero-order valence-electron chi connectivity index (χ0n) is 16.2. The SMILES string of the molecule is CC(C)c1sc(-c2ccccc2)cc1-c1c(Br)c2cccnc2c2ncccc12. The van der Waals surface area contributed by atoms with E-state index in [2.05, 4.69) is 83.3 Å². The zero-order chi connectivity index (χ0) is 20.0. The molecule has 0 unspecified atom stereocenters. The Bertz CT molecular complexity index is 1340. The summed E-state index contributed by atoms with van der Waals surface area (Å²) in [6.07, 6.45) is 3.68. The van der Waals surface area contributed by atoms with Crippen molar-refractivity contribution in [2.75, 3.05) is 0 Å².